The lowest BCUT2D eigenvalue weighted by atomic mass is 10.1. The zero-order chi connectivity index (χ0) is 14.8. The Morgan fingerprint density at radius 1 is 1.33 bits per heavy atom. The van der Waals surface area contributed by atoms with E-state index in [0.717, 1.165) is 18.5 Å². The minimum Gasteiger partial charge on any atom is -0.493 e. The first kappa shape index (κ1) is 19.5. The number of hydrogen-bond acceptors (Lipinski definition) is 4. The van der Waals surface area contributed by atoms with Crippen molar-refractivity contribution >= 4 is 18.3 Å². The highest BCUT2D eigenvalue weighted by atomic mass is 35.5. The van der Waals surface area contributed by atoms with E-state index in [0.29, 0.717) is 18.0 Å². The highest BCUT2D eigenvalue weighted by Crippen LogP contribution is 2.30. The summed E-state index contributed by atoms with van der Waals surface area (Å²) in [5.41, 5.74) is 6.08. The molecule has 3 N–H and O–H groups in total. The average molecular weight is 317 g/mol. The van der Waals surface area contributed by atoms with Crippen molar-refractivity contribution in [3.05, 3.63) is 23.8 Å². The number of methoxy groups -OCH3 is 1. The molecule has 0 aromatic heterocycles. The first-order valence-electron chi connectivity index (χ1n) is 6.96. The summed E-state index contributed by atoms with van der Waals surface area (Å²) in [6.07, 6.45) is 3.57. The molecule has 6 heteroatoms. The van der Waals surface area contributed by atoms with Crippen molar-refractivity contribution in [1.82, 2.24) is 5.32 Å². The van der Waals surface area contributed by atoms with Crippen molar-refractivity contribution in [1.29, 1.82) is 0 Å². The van der Waals surface area contributed by atoms with Gasteiger partial charge >= 0.3 is 0 Å². The Hall–Kier alpha value is -1.46. The predicted molar refractivity (Wildman–Crippen MR) is 86.2 cm³/mol. The summed E-state index contributed by atoms with van der Waals surface area (Å²) < 4.78 is 10.7. The largest absolute Gasteiger partial charge is 0.493 e. The first-order chi connectivity index (χ1) is 9.69. The van der Waals surface area contributed by atoms with Crippen LogP contribution in [-0.4, -0.2) is 26.2 Å². The van der Waals surface area contributed by atoms with Gasteiger partial charge in [0.15, 0.2) is 18.1 Å². The number of carbonyl (C=O) groups is 1. The minimum atomic E-state index is -0.502. The number of para-hydroxylation sites is 1. The van der Waals surface area contributed by atoms with Gasteiger partial charge in [0.2, 0.25) is 0 Å². The lowest BCUT2D eigenvalue weighted by molar-refractivity contribution is -0.119. The quantitative estimate of drug-likeness (QED) is 0.649. The van der Waals surface area contributed by atoms with Crippen LogP contribution in [0.5, 0.6) is 11.5 Å². The summed E-state index contributed by atoms with van der Waals surface area (Å²) in [7, 11) is 1.57. The highest BCUT2D eigenvalue weighted by molar-refractivity contribution is 5.85. The number of hydrogen-bond donors (Lipinski definition) is 2. The zero-order valence-corrected chi connectivity index (χ0v) is 13.5. The fourth-order valence-electron chi connectivity index (χ4n) is 1.89. The van der Waals surface area contributed by atoms with E-state index in [2.05, 4.69) is 12.2 Å². The summed E-state index contributed by atoms with van der Waals surface area (Å²) >= 11 is 0. The topological polar surface area (TPSA) is 73.6 Å². The Labute approximate surface area is 132 Å². The molecular weight excluding hydrogens is 292 g/mol. The number of unbranched alkanes of at least 4 members (excludes halogenated alkanes) is 2. The normalized spacial score (nSPS) is 9.81. The van der Waals surface area contributed by atoms with Crippen LogP contribution in [0.25, 0.3) is 0 Å². The molecule has 0 aliphatic heterocycles. The maximum absolute atomic E-state index is 10.9. The van der Waals surface area contributed by atoms with Gasteiger partial charge in [0, 0.05) is 12.1 Å². The molecule has 1 amide bonds. The van der Waals surface area contributed by atoms with Gasteiger partial charge < -0.3 is 20.5 Å². The lowest BCUT2D eigenvalue weighted by Gasteiger charge is -2.14. The predicted octanol–water partition coefficient (Wildman–Crippen LogP) is 2.26. The zero-order valence-electron chi connectivity index (χ0n) is 12.7. The SMILES string of the molecule is CCCCCNCc1cccc(OC)c1OCC(N)=O.Cl. The Kier molecular flexibility index (Phi) is 10.4. The van der Waals surface area contributed by atoms with Crippen molar-refractivity contribution in [3.8, 4) is 11.5 Å². The van der Waals surface area contributed by atoms with Gasteiger partial charge in [0.1, 0.15) is 0 Å². The molecule has 0 heterocycles. The van der Waals surface area contributed by atoms with Gasteiger partial charge in [-0.2, -0.15) is 0 Å². The minimum absolute atomic E-state index is 0. The number of ether oxygens (including phenoxy) is 2. The molecule has 0 aliphatic rings. The molecule has 0 saturated heterocycles. The van der Waals surface area contributed by atoms with Gasteiger partial charge in [-0.3, -0.25) is 4.79 Å². The van der Waals surface area contributed by atoms with Crippen LogP contribution in [0.4, 0.5) is 0 Å². The molecule has 0 unspecified atom stereocenters. The number of amides is 1. The average Bonchev–Trinajstić information content (AvgIpc) is 2.45. The number of halogens is 1. The highest BCUT2D eigenvalue weighted by Gasteiger charge is 2.11. The second-order valence-electron chi connectivity index (χ2n) is 4.59. The van der Waals surface area contributed by atoms with E-state index in [-0.39, 0.29) is 19.0 Å². The number of rotatable bonds is 10. The molecule has 0 spiro atoms. The molecule has 0 bridgehead atoms. The molecule has 5 nitrogen and oxygen atoms in total. The first-order valence-corrected chi connectivity index (χ1v) is 6.96. The third kappa shape index (κ3) is 7.20. The molecule has 0 aliphatic carbocycles. The van der Waals surface area contributed by atoms with Crippen LogP contribution >= 0.6 is 12.4 Å². The van der Waals surface area contributed by atoms with Crippen LogP contribution in [0, 0.1) is 0 Å². The maximum Gasteiger partial charge on any atom is 0.255 e. The fourth-order valence-corrected chi connectivity index (χ4v) is 1.89. The van der Waals surface area contributed by atoms with Crippen LogP contribution in [-0.2, 0) is 11.3 Å². The van der Waals surface area contributed by atoms with Crippen molar-refractivity contribution in [2.45, 2.75) is 32.7 Å². The van der Waals surface area contributed by atoms with E-state index in [1.165, 1.54) is 12.8 Å². The van der Waals surface area contributed by atoms with Crippen molar-refractivity contribution in [3.63, 3.8) is 0 Å². The molecule has 21 heavy (non-hydrogen) atoms. The Morgan fingerprint density at radius 2 is 2.10 bits per heavy atom. The van der Waals surface area contributed by atoms with E-state index in [1.807, 2.05) is 12.1 Å². The van der Waals surface area contributed by atoms with E-state index < -0.39 is 5.91 Å². The van der Waals surface area contributed by atoms with E-state index >= 15 is 0 Å². The fraction of sp³-hybridized carbons (Fsp3) is 0.533. The molecule has 0 radical (unpaired) electrons. The van der Waals surface area contributed by atoms with Gasteiger partial charge in [-0.25, -0.2) is 0 Å². The summed E-state index contributed by atoms with van der Waals surface area (Å²) in [5, 5.41) is 3.36. The Bertz CT molecular complexity index is 427. The molecule has 120 valence electrons. The van der Waals surface area contributed by atoms with Gasteiger partial charge in [-0.05, 0) is 19.0 Å². The molecule has 0 saturated carbocycles. The monoisotopic (exact) mass is 316 g/mol. The van der Waals surface area contributed by atoms with Crippen LogP contribution in [0.1, 0.15) is 31.7 Å². The molecule has 0 atom stereocenters. The van der Waals surface area contributed by atoms with E-state index in [4.69, 9.17) is 15.2 Å². The third-order valence-electron chi connectivity index (χ3n) is 2.91. The van der Waals surface area contributed by atoms with Gasteiger partial charge in [-0.15, -0.1) is 12.4 Å². The van der Waals surface area contributed by atoms with Gasteiger partial charge in [0.25, 0.3) is 5.91 Å². The maximum atomic E-state index is 10.9. The lowest BCUT2D eigenvalue weighted by Crippen LogP contribution is -2.21. The number of primary amides is 1. The number of carbonyl (C=O) groups excluding carboxylic acids is 1. The van der Waals surface area contributed by atoms with Crippen LogP contribution in [0.2, 0.25) is 0 Å². The van der Waals surface area contributed by atoms with Gasteiger partial charge in [-0.1, -0.05) is 31.9 Å². The Balaban J connectivity index is 0.00000400. The van der Waals surface area contributed by atoms with Crippen LogP contribution in [0.15, 0.2) is 18.2 Å². The number of nitrogens with two attached hydrogens (primary N) is 1. The molecule has 1 aromatic carbocycles. The Morgan fingerprint density at radius 3 is 2.71 bits per heavy atom. The van der Waals surface area contributed by atoms with Crippen molar-refractivity contribution in [2.24, 2.45) is 5.73 Å². The third-order valence-corrected chi connectivity index (χ3v) is 2.91. The summed E-state index contributed by atoms with van der Waals surface area (Å²) in [6, 6.07) is 5.65. The molecule has 0 fully saturated rings. The summed E-state index contributed by atoms with van der Waals surface area (Å²) in [4.78, 5) is 10.9. The smallest absolute Gasteiger partial charge is 0.255 e. The van der Waals surface area contributed by atoms with Crippen molar-refractivity contribution in [2.75, 3.05) is 20.3 Å². The van der Waals surface area contributed by atoms with Crippen LogP contribution < -0.4 is 20.5 Å². The van der Waals surface area contributed by atoms with E-state index in [9.17, 15) is 4.79 Å². The number of nitrogens with one attached hydrogen (secondary N) is 1. The second kappa shape index (κ2) is 11.2. The second-order valence-corrected chi connectivity index (χ2v) is 4.59. The molecule has 1 rings (SSSR count). The molecular formula is C15H25ClN2O3. The number of benzene rings is 1. The van der Waals surface area contributed by atoms with Crippen molar-refractivity contribution < 1.29 is 14.3 Å². The summed E-state index contributed by atoms with van der Waals surface area (Å²) in [6.45, 7) is 3.66. The standard InChI is InChI=1S/C15H24N2O3.ClH/c1-3-4-5-9-17-10-12-7-6-8-13(19-2)15(12)20-11-14(16)18;/h6-8,17H,3-5,9-11H2,1-2H3,(H2,16,18);1H. The van der Waals surface area contributed by atoms with Crippen LogP contribution in [0.3, 0.4) is 0 Å². The van der Waals surface area contributed by atoms with Gasteiger partial charge in [0.05, 0.1) is 7.11 Å². The summed E-state index contributed by atoms with van der Waals surface area (Å²) in [5.74, 6) is 0.689. The molecule has 1 aromatic rings. The van der Waals surface area contributed by atoms with E-state index in [1.54, 1.807) is 13.2 Å².